The zero-order valence-corrected chi connectivity index (χ0v) is 50.4. The number of benzene rings is 9. The van der Waals surface area contributed by atoms with Gasteiger partial charge in [0.2, 0.25) is 0 Å². The van der Waals surface area contributed by atoms with Gasteiger partial charge in [-0.05, 0) is 156 Å². The molecule has 0 N–H and O–H groups in total. The first-order valence-corrected chi connectivity index (χ1v) is 28.1. The summed E-state index contributed by atoms with van der Waals surface area (Å²) < 4.78 is 74.9. The third-order valence-corrected chi connectivity index (χ3v) is 16.5. The van der Waals surface area contributed by atoms with Gasteiger partial charge in [-0.15, -0.1) is 48.1 Å². The number of hydrogen-bond acceptors (Lipinski definition) is 4. The molecule has 0 fully saturated rings. The fourth-order valence-corrected chi connectivity index (χ4v) is 11.7. The van der Waals surface area contributed by atoms with Crippen molar-refractivity contribution in [1.82, 2.24) is 9.55 Å². The van der Waals surface area contributed by atoms with E-state index >= 15 is 0 Å². The number of rotatable bonds is 9. The number of hydrogen-bond donors (Lipinski definition) is 0. The Hall–Kier alpha value is -7.98. The van der Waals surface area contributed by atoms with E-state index in [0.29, 0.717) is 55.9 Å². The van der Waals surface area contributed by atoms with Crippen molar-refractivity contribution >= 4 is 44.6 Å². The fourth-order valence-electron chi connectivity index (χ4n) is 11.7. The summed E-state index contributed by atoms with van der Waals surface area (Å²) in [4.78, 5) is 9.05. The summed E-state index contributed by atoms with van der Waals surface area (Å²) in [5, 5.41) is 0.943. The minimum Gasteiger partial charge on any atom is -0.509 e. The third kappa shape index (κ3) is 9.95. The quantitative estimate of drug-likeness (QED) is 0.135. The van der Waals surface area contributed by atoms with Crippen molar-refractivity contribution in [1.29, 1.82) is 0 Å². The van der Waals surface area contributed by atoms with E-state index in [-0.39, 0.29) is 68.8 Å². The van der Waals surface area contributed by atoms with Crippen LogP contribution in [0.1, 0.15) is 114 Å². The summed E-state index contributed by atoms with van der Waals surface area (Å²) in [5.41, 5.74) is 13.2. The standard InChI is InChI=1S/C76H69N4O.Pt/c1-73(2,3)56-36-39-77-71(46-56)80-67-29-18-17-28-61(67)62-34-33-60(48-70(62)80)81-59-27-21-26-58(47-59)78-49-79(69-31-20-19-30-68(69)78)72-63(52-32-35-65-66(43-52)76(9,10)38-37-75(65,7)8)44-57(74(4,5)6)45-64(72)55-41-53(50-22-13-11-14-23-50)40-54(42-55)51-24-15-12-16-25-51;/h11-36,39-46,49H,37-38H2,1-10H3;/q-3;/i17D,18D,28D,29D,32D,35D,43D;. The van der Waals surface area contributed by atoms with Crippen LogP contribution in [-0.4, -0.2) is 9.55 Å². The zero-order valence-electron chi connectivity index (χ0n) is 55.1. The monoisotopic (exact) mass is 1260 g/mol. The molecule has 0 saturated carbocycles. The van der Waals surface area contributed by atoms with Crippen LogP contribution in [0.4, 0.5) is 22.7 Å². The largest absolute Gasteiger partial charge is 0.509 e. The molecule has 13 rings (SSSR count). The van der Waals surface area contributed by atoms with Crippen LogP contribution >= 0.6 is 0 Å². The van der Waals surface area contributed by atoms with Crippen LogP contribution in [0.3, 0.4) is 0 Å². The molecule has 1 aliphatic carbocycles. The van der Waals surface area contributed by atoms with Crippen LogP contribution in [-0.2, 0) is 42.7 Å². The second-order valence-corrected chi connectivity index (χ2v) is 25.1. The van der Waals surface area contributed by atoms with Crippen molar-refractivity contribution < 1.29 is 35.4 Å². The second-order valence-electron chi connectivity index (χ2n) is 25.1. The Morgan fingerprint density at radius 3 is 1.80 bits per heavy atom. The van der Waals surface area contributed by atoms with E-state index in [0.717, 1.165) is 85.5 Å². The van der Waals surface area contributed by atoms with Crippen LogP contribution < -0.4 is 14.5 Å². The molecule has 0 bridgehead atoms. The predicted molar refractivity (Wildman–Crippen MR) is 339 cm³/mol. The van der Waals surface area contributed by atoms with Gasteiger partial charge in [-0.25, -0.2) is 4.98 Å². The van der Waals surface area contributed by atoms with Crippen LogP contribution in [0.25, 0.3) is 72.1 Å². The van der Waals surface area contributed by atoms with E-state index in [1.54, 1.807) is 16.8 Å². The first-order valence-electron chi connectivity index (χ1n) is 31.6. The van der Waals surface area contributed by atoms with Crippen molar-refractivity contribution in [3.8, 4) is 61.8 Å². The molecule has 9 aromatic carbocycles. The molecule has 1 aliphatic heterocycles. The van der Waals surface area contributed by atoms with Crippen LogP contribution in [0.2, 0.25) is 0 Å². The molecule has 3 heterocycles. The predicted octanol–water partition coefficient (Wildman–Crippen LogP) is 20.6. The molecule has 11 aromatic rings. The molecule has 2 aliphatic rings. The van der Waals surface area contributed by atoms with Gasteiger partial charge in [-0.2, -0.15) is 12.1 Å². The van der Waals surface area contributed by atoms with Gasteiger partial charge in [0.05, 0.1) is 9.60 Å². The van der Waals surface area contributed by atoms with Gasteiger partial charge in [0.1, 0.15) is 5.82 Å². The Kier molecular flexibility index (Phi) is 11.8. The van der Waals surface area contributed by atoms with Gasteiger partial charge >= 0.3 is 0 Å². The molecule has 0 atom stereocenters. The van der Waals surface area contributed by atoms with Gasteiger partial charge in [0, 0.05) is 72.5 Å². The summed E-state index contributed by atoms with van der Waals surface area (Å²) >= 11 is 0. The molecule has 0 unspecified atom stereocenters. The van der Waals surface area contributed by atoms with Crippen molar-refractivity contribution in [2.45, 2.75) is 104 Å². The average Bonchev–Trinajstić information content (AvgIpc) is 1.70. The molecule has 82 heavy (non-hydrogen) atoms. The number of anilines is 4. The number of pyridine rings is 1. The summed E-state index contributed by atoms with van der Waals surface area (Å²) in [6.07, 6.45) is 3.41. The number of aromatic nitrogens is 2. The molecule has 0 radical (unpaired) electrons. The van der Waals surface area contributed by atoms with Crippen molar-refractivity contribution in [2.24, 2.45) is 0 Å². The SMILES string of the molecule is [2H]c1c([2H])c2c(c([2H])c1-c1cc(C(C)(C)C)cc(-c3cc(-c4ccccc4)cc(-c4ccccc4)c3)c1N1[CH-]N(c3[c-]c(Oc4[c-]c5c(cc4)c4c([2H])c([2H])c([2H])c([2H])c4n5-c4cc(C(C)(C)C)ccn4)ccc3)c3ccccc31)C(C)(C)CCC2(C)C.[Pt]. The van der Waals surface area contributed by atoms with Crippen LogP contribution in [0, 0.1) is 18.8 Å². The Bertz CT molecular complexity index is 4580. The smallest absolute Gasteiger partial charge is 0.135 e. The Morgan fingerprint density at radius 2 is 1.13 bits per heavy atom. The molecular formula is C76H69N4OPt-3. The van der Waals surface area contributed by atoms with Gasteiger partial charge in [0.25, 0.3) is 0 Å². The van der Waals surface area contributed by atoms with Crippen molar-refractivity contribution in [2.75, 3.05) is 9.80 Å². The maximum Gasteiger partial charge on any atom is 0.135 e. The number of fused-ring (bicyclic) bond motifs is 5. The topological polar surface area (TPSA) is 33.5 Å². The van der Waals surface area contributed by atoms with E-state index in [4.69, 9.17) is 13.8 Å². The van der Waals surface area contributed by atoms with E-state index < -0.39 is 16.2 Å². The summed E-state index contributed by atoms with van der Waals surface area (Å²) in [7, 11) is 0. The normalized spacial score (nSPS) is 15.8. The van der Waals surface area contributed by atoms with E-state index in [1.165, 1.54) is 0 Å². The van der Waals surface area contributed by atoms with Crippen molar-refractivity contribution in [3.63, 3.8) is 0 Å². The minimum absolute atomic E-state index is 0. The third-order valence-electron chi connectivity index (χ3n) is 16.5. The summed E-state index contributed by atoms with van der Waals surface area (Å²) in [5.74, 6) is 1.22. The van der Waals surface area contributed by atoms with Crippen molar-refractivity contribution in [3.05, 3.63) is 247 Å². The van der Waals surface area contributed by atoms with E-state index in [1.807, 2.05) is 60.7 Å². The minimum atomic E-state index is -0.432. The zero-order chi connectivity index (χ0) is 62.1. The first kappa shape index (κ1) is 46.6. The first-order chi connectivity index (χ1) is 41.8. The maximum absolute atomic E-state index is 10.5. The Balaban J connectivity index is 0.00000769. The molecule has 6 heteroatoms. The van der Waals surface area contributed by atoms with Gasteiger partial charge < -0.3 is 19.1 Å². The van der Waals surface area contributed by atoms with E-state index in [9.17, 15) is 5.48 Å². The fraction of sp³-hybridized carbons (Fsp3) is 0.211. The van der Waals surface area contributed by atoms with Crippen LogP contribution in [0.15, 0.2) is 206 Å². The van der Waals surface area contributed by atoms with Gasteiger partial charge in [0.15, 0.2) is 0 Å². The number of para-hydroxylation sites is 3. The number of nitrogens with zero attached hydrogens (tertiary/aromatic N) is 4. The molecule has 2 aromatic heterocycles. The molecule has 0 saturated heterocycles. The Morgan fingerprint density at radius 1 is 0.537 bits per heavy atom. The molecule has 412 valence electrons. The second kappa shape index (κ2) is 20.8. The summed E-state index contributed by atoms with van der Waals surface area (Å²) in [6, 6.07) is 60.1. The number of ether oxygens (including phenoxy) is 1. The molecule has 0 spiro atoms. The summed E-state index contributed by atoms with van der Waals surface area (Å²) in [6.45, 7) is 23.7. The van der Waals surface area contributed by atoms with E-state index in [2.05, 4.69) is 189 Å². The maximum atomic E-state index is 10.5. The molecule has 0 amide bonds. The van der Waals surface area contributed by atoms with Crippen LogP contribution in [0.5, 0.6) is 11.5 Å². The Labute approximate surface area is 509 Å². The molecular weight excluding hydrogens is 1180 g/mol. The average molecular weight is 1260 g/mol. The van der Waals surface area contributed by atoms with Gasteiger partial charge in [-0.1, -0.05) is 184 Å². The van der Waals surface area contributed by atoms with Gasteiger partial charge in [-0.3, -0.25) is 0 Å². The molecule has 5 nitrogen and oxygen atoms in total.